The van der Waals surface area contributed by atoms with Crippen LogP contribution >= 0.6 is 0 Å². The van der Waals surface area contributed by atoms with Gasteiger partial charge in [0, 0.05) is 19.3 Å². The lowest BCUT2D eigenvalue weighted by Crippen LogP contribution is -2.33. The third kappa shape index (κ3) is 5.53. The van der Waals surface area contributed by atoms with E-state index in [0.29, 0.717) is 18.8 Å². The number of hydrogen-bond donors (Lipinski definition) is 2. The molecule has 2 aromatic rings. The molecule has 21 heavy (non-hydrogen) atoms. The normalized spacial score (nSPS) is 12.3. The number of halogens is 1. The Balaban J connectivity index is 1.59. The fraction of sp³-hybridized carbons (Fsp3) is 0.400. The monoisotopic (exact) mass is 293 g/mol. The standard InChI is InChI=1S/C15H20FN3O2/c1-12-8-18-19(10-12)7-6-17-9-14(20)11-21-15-4-2-13(16)3-5-15/h2-5,8,10,14,17,20H,6-7,9,11H2,1H3/t14-/m1/s1. The van der Waals surface area contributed by atoms with Gasteiger partial charge in [-0.05, 0) is 36.8 Å². The number of aromatic nitrogens is 2. The summed E-state index contributed by atoms with van der Waals surface area (Å²) >= 11 is 0. The molecule has 114 valence electrons. The molecule has 0 bridgehead atoms. The molecule has 0 saturated carbocycles. The summed E-state index contributed by atoms with van der Waals surface area (Å²) in [7, 11) is 0. The zero-order valence-corrected chi connectivity index (χ0v) is 12.0. The van der Waals surface area contributed by atoms with Crippen molar-refractivity contribution in [1.29, 1.82) is 0 Å². The molecular formula is C15H20FN3O2. The van der Waals surface area contributed by atoms with Crippen molar-refractivity contribution >= 4 is 0 Å². The summed E-state index contributed by atoms with van der Waals surface area (Å²) in [6.45, 7) is 4.06. The zero-order chi connectivity index (χ0) is 15.1. The molecule has 0 amide bonds. The Labute approximate surface area is 123 Å². The number of aliphatic hydroxyl groups excluding tert-OH is 1. The maximum atomic E-state index is 12.7. The Morgan fingerprint density at radius 1 is 1.38 bits per heavy atom. The van der Waals surface area contributed by atoms with Gasteiger partial charge in [-0.15, -0.1) is 0 Å². The SMILES string of the molecule is Cc1cnn(CCNC[C@@H](O)COc2ccc(F)cc2)c1. The molecule has 0 spiro atoms. The summed E-state index contributed by atoms with van der Waals surface area (Å²) < 4.78 is 19.9. The Kier molecular flexibility index (Phi) is 5.71. The topological polar surface area (TPSA) is 59.3 Å². The maximum absolute atomic E-state index is 12.7. The van der Waals surface area contributed by atoms with Gasteiger partial charge in [0.1, 0.15) is 24.3 Å². The smallest absolute Gasteiger partial charge is 0.123 e. The zero-order valence-electron chi connectivity index (χ0n) is 12.0. The van der Waals surface area contributed by atoms with Gasteiger partial charge in [-0.25, -0.2) is 4.39 Å². The second-order valence-corrected chi connectivity index (χ2v) is 4.90. The van der Waals surface area contributed by atoms with Crippen LogP contribution in [0.4, 0.5) is 4.39 Å². The van der Waals surface area contributed by atoms with Gasteiger partial charge in [0.25, 0.3) is 0 Å². The maximum Gasteiger partial charge on any atom is 0.123 e. The van der Waals surface area contributed by atoms with Crippen LogP contribution in [0.2, 0.25) is 0 Å². The minimum atomic E-state index is -0.616. The van der Waals surface area contributed by atoms with E-state index < -0.39 is 6.10 Å². The third-order valence-electron chi connectivity index (χ3n) is 2.92. The van der Waals surface area contributed by atoms with Crippen molar-refractivity contribution in [2.24, 2.45) is 0 Å². The van der Waals surface area contributed by atoms with E-state index >= 15 is 0 Å². The van der Waals surface area contributed by atoms with Gasteiger partial charge in [0.2, 0.25) is 0 Å². The largest absolute Gasteiger partial charge is 0.491 e. The molecular weight excluding hydrogens is 273 g/mol. The Morgan fingerprint density at radius 3 is 2.81 bits per heavy atom. The highest BCUT2D eigenvalue weighted by Crippen LogP contribution is 2.11. The highest BCUT2D eigenvalue weighted by Gasteiger charge is 2.05. The van der Waals surface area contributed by atoms with Crippen LogP contribution in [0.3, 0.4) is 0 Å². The third-order valence-corrected chi connectivity index (χ3v) is 2.92. The van der Waals surface area contributed by atoms with Gasteiger partial charge in [-0.3, -0.25) is 4.68 Å². The summed E-state index contributed by atoms with van der Waals surface area (Å²) in [5, 5.41) is 17.1. The van der Waals surface area contributed by atoms with Crippen LogP contribution < -0.4 is 10.1 Å². The molecule has 0 aliphatic carbocycles. The van der Waals surface area contributed by atoms with E-state index in [1.165, 1.54) is 24.3 Å². The van der Waals surface area contributed by atoms with Gasteiger partial charge in [-0.1, -0.05) is 0 Å². The van der Waals surface area contributed by atoms with E-state index in [9.17, 15) is 9.50 Å². The Hall–Kier alpha value is -1.92. The summed E-state index contributed by atoms with van der Waals surface area (Å²) in [6.07, 6.45) is 3.16. The Bertz CT molecular complexity index is 542. The second-order valence-electron chi connectivity index (χ2n) is 4.90. The molecule has 1 atom stereocenters. The van der Waals surface area contributed by atoms with Gasteiger partial charge in [-0.2, -0.15) is 5.10 Å². The van der Waals surface area contributed by atoms with Crippen LogP contribution in [-0.2, 0) is 6.54 Å². The minimum Gasteiger partial charge on any atom is -0.491 e. The van der Waals surface area contributed by atoms with Crippen LogP contribution in [0.15, 0.2) is 36.7 Å². The van der Waals surface area contributed by atoms with E-state index in [1.54, 1.807) is 0 Å². The van der Waals surface area contributed by atoms with Crippen molar-refractivity contribution in [3.05, 3.63) is 48.0 Å². The fourth-order valence-electron chi connectivity index (χ4n) is 1.83. The predicted molar refractivity (Wildman–Crippen MR) is 77.7 cm³/mol. The van der Waals surface area contributed by atoms with Crippen LogP contribution in [0.1, 0.15) is 5.56 Å². The number of rotatable bonds is 8. The average molecular weight is 293 g/mol. The summed E-state index contributed by atoms with van der Waals surface area (Å²) in [5.74, 6) is 0.237. The molecule has 2 N–H and O–H groups in total. The summed E-state index contributed by atoms with van der Waals surface area (Å²) in [6, 6.07) is 5.73. The summed E-state index contributed by atoms with van der Waals surface area (Å²) in [4.78, 5) is 0. The predicted octanol–water partition coefficient (Wildman–Crippen LogP) is 1.36. The highest BCUT2D eigenvalue weighted by molar-refractivity contribution is 5.22. The van der Waals surface area contributed by atoms with Crippen molar-refractivity contribution in [2.75, 3.05) is 19.7 Å². The molecule has 0 fully saturated rings. The van der Waals surface area contributed by atoms with E-state index in [-0.39, 0.29) is 12.4 Å². The van der Waals surface area contributed by atoms with Crippen molar-refractivity contribution in [3.63, 3.8) is 0 Å². The van der Waals surface area contributed by atoms with E-state index in [0.717, 1.165) is 12.1 Å². The van der Waals surface area contributed by atoms with Gasteiger partial charge in [0.05, 0.1) is 12.7 Å². The summed E-state index contributed by atoms with van der Waals surface area (Å²) in [5.41, 5.74) is 1.13. The van der Waals surface area contributed by atoms with Gasteiger partial charge >= 0.3 is 0 Å². The van der Waals surface area contributed by atoms with Crippen LogP contribution in [0.25, 0.3) is 0 Å². The number of hydrogen-bond acceptors (Lipinski definition) is 4. The minimum absolute atomic E-state index is 0.166. The van der Waals surface area contributed by atoms with Crippen molar-refractivity contribution in [2.45, 2.75) is 19.6 Å². The van der Waals surface area contributed by atoms with Gasteiger partial charge < -0.3 is 15.2 Å². The van der Waals surface area contributed by atoms with Crippen LogP contribution in [0, 0.1) is 12.7 Å². The van der Waals surface area contributed by atoms with Crippen molar-refractivity contribution in [3.8, 4) is 5.75 Å². The first kappa shape index (κ1) is 15.5. The van der Waals surface area contributed by atoms with Crippen LogP contribution in [-0.4, -0.2) is 40.7 Å². The van der Waals surface area contributed by atoms with E-state index in [4.69, 9.17) is 4.74 Å². The first-order valence-electron chi connectivity index (χ1n) is 6.89. The molecule has 5 nitrogen and oxygen atoms in total. The number of benzene rings is 1. The molecule has 1 aromatic heterocycles. The molecule has 2 rings (SSSR count). The van der Waals surface area contributed by atoms with E-state index in [2.05, 4.69) is 10.4 Å². The fourth-order valence-corrected chi connectivity index (χ4v) is 1.83. The second kappa shape index (κ2) is 7.75. The number of aliphatic hydroxyl groups is 1. The number of nitrogens with one attached hydrogen (secondary N) is 1. The lowest BCUT2D eigenvalue weighted by molar-refractivity contribution is 0.106. The quantitative estimate of drug-likeness (QED) is 0.722. The number of aryl methyl sites for hydroxylation is 1. The molecule has 0 unspecified atom stereocenters. The molecule has 0 aliphatic heterocycles. The highest BCUT2D eigenvalue weighted by atomic mass is 19.1. The van der Waals surface area contributed by atoms with Crippen molar-refractivity contribution in [1.82, 2.24) is 15.1 Å². The number of ether oxygens (including phenoxy) is 1. The Morgan fingerprint density at radius 2 is 2.14 bits per heavy atom. The van der Waals surface area contributed by atoms with Crippen molar-refractivity contribution < 1.29 is 14.2 Å². The lowest BCUT2D eigenvalue weighted by Gasteiger charge is -2.13. The van der Waals surface area contributed by atoms with Gasteiger partial charge in [0.15, 0.2) is 0 Å². The molecule has 1 heterocycles. The first-order chi connectivity index (χ1) is 10.1. The number of nitrogens with zero attached hydrogens (tertiary/aromatic N) is 2. The molecule has 0 saturated heterocycles. The lowest BCUT2D eigenvalue weighted by atomic mass is 10.3. The van der Waals surface area contributed by atoms with E-state index in [1.807, 2.05) is 24.0 Å². The molecule has 0 radical (unpaired) electrons. The first-order valence-corrected chi connectivity index (χ1v) is 6.89. The van der Waals surface area contributed by atoms with Crippen LogP contribution in [0.5, 0.6) is 5.75 Å². The average Bonchev–Trinajstić information content (AvgIpc) is 2.89. The molecule has 1 aromatic carbocycles. The molecule has 6 heteroatoms. The molecule has 0 aliphatic rings.